The molecular weight excluding hydrogens is 408 g/mol. The van der Waals surface area contributed by atoms with Gasteiger partial charge in [-0.2, -0.15) is 0 Å². The second-order valence-electron chi connectivity index (χ2n) is 8.65. The van der Waals surface area contributed by atoms with E-state index in [9.17, 15) is 9.90 Å². The van der Waals surface area contributed by atoms with Crippen molar-refractivity contribution in [1.82, 2.24) is 0 Å². The smallest absolute Gasteiger partial charge is 0.337 e. The number of unbranched alkanes of at least 4 members (excludes halogenated alkanes) is 2. The Kier molecular flexibility index (Phi) is 8.94. The molecule has 0 saturated carbocycles. The van der Waals surface area contributed by atoms with E-state index in [1.165, 1.54) is 47.9 Å². The maximum atomic E-state index is 11.4. The van der Waals surface area contributed by atoms with Crippen LogP contribution in [0.25, 0.3) is 0 Å². The largest absolute Gasteiger partial charge is 0.478 e. The molecule has 0 atom stereocenters. The van der Waals surface area contributed by atoms with Crippen LogP contribution in [0.1, 0.15) is 72.1 Å². The van der Waals surface area contributed by atoms with Gasteiger partial charge in [-0.25, -0.2) is 4.79 Å². The van der Waals surface area contributed by atoms with Gasteiger partial charge < -0.3 is 16.2 Å². The highest BCUT2D eigenvalue weighted by Gasteiger charge is 2.12. The summed E-state index contributed by atoms with van der Waals surface area (Å²) in [6.45, 7) is 4.46. The normalized spacial score (nSPS) is 10.8. The number of nitrogens with two attached hydrogens (primary N) is 1. The number of aromatic carboxylic acids is 1. The molecule has 0 bridgehead atoms. The fourth-order valence-electron chi connectivity index (χ4n) is 4.28. The van der Waals surface area contributed by atoms with Crippen LogP contribution in [0.4, 0.5) is 17.1 Å². The first kappa shape index (κ1) is 24.4. The predicted octanol–water partition coefficient (Wildman–Crippen LogP) is 7.18. The van der Waals surface area contributed by atoms with E-state index in [0.717, 1.165) is 37.1 Å². The van der Waals surface area contributed by atoms with Crippen molar-refractivity contribution >= 4 is 23.0 Å². The number of benzene rings is 3. The van der Waals surface area contributed by atoms with Gasteiger partial charge in [0.25, 0.3) is 0 Å². The number of para-hydroxylation sites is 1. The lowest BCUT2D eigenvalue weighted by molar-refractivity contribution is 0.0698. The second-order valence-corrected chi connectivity index (χ2v) is 8.65. The minimum Gasteiger partial charge on any atom is -0.478 e. The summed E-state index contributed by atoms with van der Waals surface area (Å²) in [7, 11) is 0. The third-order valence-corrected chi connectivity index (χ3v) is 6.20. The summed E-state index contributed by atoms with van der Waals surface area (Å²) >= 11 is 0. The summed E-state index contributed by atoms with van der Waals surface area (Å²) in [4.78, 5) is 11.4. The zero-order chi connectivity index (χ0) is 23.6. The lowest BCUT2D eigenvalue weighted by Crippen LogP contribution is -2.06. The van der Waals surface area contributed by atoms with Crippen molar-refractivity contribution in [2.75, 3.05) is 11.1 Å². The first-order valence-corrected chi connectivity index (χ1v) is 12.1. The lowest BCUT2D eigenvalue weighted by atomic mass is 9.89. The molecule has 0 unspecified atom stereocenters. The molecule has 174 valence electrons. The molecule has 0 aromatic heterocycles. The Balaban J connectivity index is 1.72. The van der Waals surface area contributed by atoms with Gasteiger partial charge >= 0.3 is 5.97 Å². The Morgan fingerprint density at radius 1 is 0.818 bits per heavy atom. The summed E-state index contributed by atoms with van der Waals surface area (Å²) in [5.74, 6) is -0.935. The second kappa shape index (κ2) is 12.1. The topological polar surface area (TPSA) is 75.3 Å². The number of rotatable bonds is 12. The molecule has 33 heavy (non-hydrogen) atoms. The lowest BCUT2D eigenvalue weighted by Gasteiger charge is -2.17. The molecule has 3 aromatic rings. The van der Waals surface area contributed by atoms with Crippen molar-refractivity contribution in [2.45, 2.75) is 65.2 Å². The van der Waals surface area contributed by atoms with Gasteiger partial charge in [-0.3, -0.25) is 0 Å². The Labute approximate surface area is 197 Å². The first-order valence-electron chi connectivity index (χ1n) is 12.1. The zero-order valence-corrected chi connectivity index (χ0v) is 19.9. The minimum atomic E-state index is -0.935. The van der Waals surface area contributed by atoms with Crippen LogP contribution in [0.3, 0.4) is 0 Å². The van der Waals surface area contributed by atoms with Crippen LogP contribution in [-0.4, -0.2) is 11.1 Å². The van der Waals surface area contributed by atoms with Crippen LogP contribution in [0.15, 0.2) is 60.7 Å². The monoisotopic (exact) mass is 444 g/mol. The molecule has 0 fully saturated rings. The highest BCUT2D eigenvalue weighted by molar-refractivity contribution is 5.95. The molecule has 0 aliphatic rings. The van der Waals surface area contributed by atoms with E-state index in [2.05, 4.69) is 43.4 Å². The van der Waals surface area contributed by atoms with Crippen molar-refractivity contribution in [3.63, 3.8) is 0 Å². The average molecular weight is 445 g/mol. The number of hydrogen-bond acceptors (Lipinski definition) is 3. The number of aryl methyl sites for hydroxylation is 2. The Morgan fingerprint density at radius 3 is 2.15 bits per heavy atom. The van der Waals surface area contributed by atoms with E-state index in [1.807, 2.05) is 18.2 Å². The van der Waals surface area contributed by atoms with Gasteiger partial charge in [-0.15, -0.1) is 0 Å². The Bertz CT molecular complexity index is 1060. The molecule has 0 saturated heterocycles. The van der Waals surface area contributed by atoms with Crippen molar-refractivity contribution in [3.8, 4) is 0 Å². The molecule has 0 aliphatic carbocycles. The van der Waals surface area contributed by atoms with Gasteiger partial charge in [0.15, 0.2) is 0 Å². The maximum Gasteiger partial charge on any atom is 0.337 e. The van der Waals surface area contributed by atoms with Gasteiger partial charge in [-0.1, -0.05) is 57.0 Å². The molecule has 4 heteroatoms. The predicted molar refractivity (Wildman–Crippen MR) is 139 cm³/mol. The summed E-state index contributed by atoms with van der Waals surface area (Å²) < 4.78 is 0. The molecule has 0 spiro atoms. The minimum absolute atomic E-state index is 0.267. The van der Waals surface area contributed by atoms with Crippen molar-refractivity contribution in [3.05, 3.63) is 88.5 Å². The van der Waals surface area contributed by atoms with Crippen molar-refractivity contribution in [1.29, 1.82) is 0 Å². The van der Waals surface area contributed by atoms with Crippen LogP contribution in [0.2, 0.25) is 0 Å². The third kappa shape index (κ3) is 6.61. The molecular formula is C29H36N2O2. The number of anilines is 3. The summed E-state index contributed by atoms with van der Waals surface area (Å²) in [6.07, 6.45) is 8.83. The molecule has 4 nitrogen and oxygen atoms in total. The van der Waals surface area contributed by atoms with E-state index >= 15 is 0 Å². The molecule has 3 aromatic carbocycles. The van der Waals surface area contributed by atoms with Gasteiger partial charge in [0.2, 0.25) is 0 Å². The molecule has 3 rings (SSSR count). The number of hydrogen-bond donors (Lipinski definition) is 3. The standard InChI is InChI=1S/C29H36N2O2/c1-3-5-9-24-22(17-20-27(30)25(24)10-6-4-2)16-13-21-14-18-23(19-15-21)31-28-12-8-7-11-26(28)29(32)33/h7-8,11-12,14-15,17-20,31H,3-6,9-10,13,16,30H2,1-2H3,(H,32,33). The van der Waals surface area contributed by atoms with Crippen LogP contribution in [0, 0.1) is 0 Å². The summed E-state index contributed by atoms with van der Waals surface area (Å²) in [6, 6.07) is 19.5. The quantitative estimate of drug-likeness (QED) is 0.259. The van der Waals surface area contributed by atoms with Crippen LogP contribution >= 0.6 is 0 Å². The molecule has 0 heterocycles. The van der Waals surface area contributed by atoms with E-state index < -0.39 is 5.97 Å². The van der Waals surface area contributed by atoms with E-state index in [-0.39, 0.29) is 5.56 Å². The van der Waals surface area contributed by atoms with E-state index in [0.29, 0.717) is 5.69 Å². The van der Waals surface area contributed by atoms with Crippen LogP contribution in [0.5, 0.6) is 0 Å². The molecule has 4 N–H and O–H groups in total. The average Bonchev–Trinajstić information content (AvgIpc) is 2.82. The molecule has 0 amide bonds. The highest BCUT2D eigenvalue weighted by Crippen LogP contribution is 2.27. The third-order valence-electron chi connectivity index (χ3n) is 6.20. The van der Waals surface area contributed by atoms with Gasteiger partial charge in [0, 0.05) is 11.4 Å². The summed E-state index contributed by atoms with van der Waals surface area (Å²) in [5, 5.41) is 12.6. The zero-order valence-electron chi connectivity index (χ0n) is 19.9. The SMILES string of the molecule is CCCCc1c(N)ccc(CCc2ccc(Nc3ccccc3C(=O)O)cc2)c1CCCC. The van der Waals surface area contributed by atoms with Gasteiger partial charge in [0.05, 0.1) is 11.3 Å². The van der Waals surface area contributed by atoms with E-state index in [4.69, 9.17) is 5.73 Å². The fraction of sp³-hybridized carbons (Fsp3) is 0.345. The van der Waals surface area contributed by atoms with Gasteiger partial charge in [-0.05, 0) is 91.1 Å². The van der Waals surface area contributed by atoms with E-state index in [1.54, 1.807) is 18.2 Å². The molecule has 0 radical (unpaired) electrons. The van der Waals surface area contributed by atoms with Crippen LogP contribution in [-0.2, 0) is 25.7 Å². The van der Waals surface area contributed by atoms with Crippen LogP contribution < -0.4 is 11.1 Å². The number of carbonyl (C=O) groups is 1. The maximum absolute atomic E-state index is 11.4. The fourth-order valence-corrected chi connectivity index (χ4v) is 4.28. The Morgan fingerprint density at radius 2 is 1.48 bits per heavy atom. The number of carboxylic acids is 1. The Hall–Kier alpha value is -3.27. The highest BCUT2D eigenvalue weighted by atomic mass is 16.4. The van der Waals surface area contributed by atoms with Gasteiger partial charge in [0.1, 0.15) is 0 Å². The number of carboxylic acid groups (broad SMARTS) is 1. The van der Waals surface area contributed by atoms with Crippen molar-refractivity contribution < 1.29 is 9.90 Å². The van der Waals surface area contributed by atoms with Crippen molar-refractivity contribution in [2.24, 2.45) is 0 Å². The molecule has 0 aliphatic heterocycles. The summed E-state index contributed by atoms with van der Waals surface area (Å²) in [5.41, 5.74) is 14.6. The number of nitrogens with one attached hydrogen (secondary N) is 1. The number of nitrogen functional groups attached to an aromatic ring is 1. The first-order chi connectivity index (χ1) is 16.0.